The van der Waals surface area contributed by atoms with Gasteiger partial charge in [-0.2, -0.15) is 0 Å². The van der Waals surface area contributed by atoms with Crippen LogP contribution in [0.25, 0.3) is 0 Å². The van der Waals surface area contributed by atoms with E-state index in [9.17, 15) is 13.2 Å². The van der Waals surface area contributed by atoms with Crippen molar-refractivity contribution < 1.29 is 13.2 Å². The predicted octanol–water partition coefficient (Wildman–Crippen LogP) is 3.50. The Balaban J connectivity index is 1.85. The first-order valence-electron chi connectivity index (χ1n) is 9.93. The van der Waals surface area contributed by atoms with Gasteiger partial charge in [0.2, 0.25) is 0 Å². The van der Waals surface area contributed by atoms with E-state index in [2.05, 4.69) is 10.2 Å². The summed E-state index contributed by atoms with van der Waals surface area (Å²) in [6, 6.07) is 22.9. The summed E-state index contributed by atoms with van der Waals surface area (Å²) >= 11 is 0. The third kappa shape index (κ3) is 5.31. The summed E-state index contributed by atoms with van der Waals surface area (Å²) < 4.78 is 27.7. The zero-order chi connectivity index (χ0) is 22.4. The smallest absolute Gasteiger partial charge is 0.264 e. The highest BCUT2D eigenvalue weighted by Crippen LogP contribution is 2.24. The third-order valence-corrected chi connectivity index (χ3v) is 6.78. The second-order valence-electron chi connectivity index (χ2n) is 7.49. The first kappa shape index (κ1) is 22.5. The van der Waals surface area contributed by atoms with E-state index in [0.717, 1.165) is 17.7 Å². The zero-order valence-corrected chi connectivity index (χ0v) is 18.8. The number of para-hydroxylation sites is 1. The van der Waals surface area contributed by atoms with Crippen LogP contribution in [0.3, 0.4) is 0 Å². The molecule has 0 bridgehead atoms. The van der Waals surface area contributed by atoms with Crippen molar-refractivity contribution in [1.82, 2.24) is 10.2 Å². The van der Waals surface area contributed by atoms with E-state index in [-0.39, 0.29) is 10.5 Å². The van der Waals surface area contributed by atoms with Crippen LogP contribution in [0, 0.1) is 0 Å². The molecule has 0 fully saturated rings. The average Bonchev–Trinajstić information content (AvgIpc) is 2.78. The minimum Gasteiger partial charge on any atom is -0.348 e. The van der Waals surface area contributed by atoms with Gasteiger partial charge in [0.1, 0.15) is 4.90 Å². The molecule has 1 N–H and O–H groups in total. The lowest BCUT2D eigenvalue weighted by molar-refractivity contribution is 0.0947. The number of anilines is 1. The minimum absolute atomic E-state index is 0.0274. The Morgan fingerprint density at radius 2 is 1.39 bits per heavy atom. The van der Waals surface area contributed by atoms with Crippen LogP contribution < -0.4 is 9.62 Å². The average molecular weight is 438 g/mol. The van der Waals surface area contributed by atoms with E-state index < -0.39 is 15.9 Å². The van der Waals surface area contributed by atoms with Crippen LogP contribution in [0.5, 0.6) is 0 Å². The lowest BCUT2D eigenvalue weighted by Crippen LogP contribution is -2.30. The van der Waals surface area contributed by atoms with Gasteiger partial charge in [-0.05, 0) is 49.5 Å². The number of carbonyl (C=O) groups is 1. The Kier molecular flexibility index (Phi) is 7.09. The summed E-state index contributed by atoms with van der Waals surface area (Å²) in [7, 11) is 1.55. The largest absolute Gasteiger partial charge is 0.348 e. The summed E-state index contributed by atoms with van der Waals surface area (Å²) in [6.07, 6.45) is 0. The number of hydrogen-bond donors (Lipinski definition) is 1. The second-order valence-corrected chi connectivity index (χ2v) is 9.43. The van der Waals surface area contributed by atoms with E-state index in [1.165, 1.54) is 23.5 Å². The van der Waals surface area contributed by atoms with Crippen LogP contribution in [-0.4, -0.2) is 40.4 Å². The normalized spacial score (nSPS) is 11.4. The fourth-order valence-electron chi connectivity index (χ4n) is 3.30. The van der Waals surface area contributed by atoms with Gasteiger partial charge < -0.3 is 10.2 Å². The quantitative estimate of drug-likeness (QED) is 0.586. The van der Waals surface area contributed by atoms with Crippen LogP contribution in [0.4, 0.5) is 5.69 Å². The molecule has 162 valence electrons. The van der Waals surface area contributed by atoms with Crippen molar-refractivity contribution in [3.05, 3.63) is 95.6 Å². The molecule has 3 rings (SSSR count). The molecule has 3 aromatic carbocycles. The second kappa shape index (κ2) is 9.76. The third-order valence-electron chi connectivity index (χ3n) is 4.93. The fraction of sp³-hybridized carbons (Fsp3) is 0.208. The number of nitrogens with zero attached hydrogens (tertiary/aromatic N) is 2. The Morgan fingerprint density at radius 3 is 2.06 bits per heavy atom. The molecule has 0 aliphatic carbocycles. The lowest BCUT2D eigenvalue weighted by atomic mass is 10.1. The van der Waals surface area contributed by atoms with Crippen LogP contribution in [0.1, 0.15) is 21.5 Å². The van der Waals surface area contributed by atoms with Crippen molar-refractivity contribution >= 4 is 21.6 Å². The number of rotatable bonds is 8. The van der Waals surface area contributed by atoms with Crippen LogP contribution in [0.2, 0.25) is 0 Å². The molecule has 3 aromatic rings. The zero-order valence-electron chi connectivity index (χ0n) is 17.9. The Hall–Kier alpha value is -3.16. The van der Waals surface area contributed by atoms with Gasteiger partial charge >= 0.3 is 0 Å². The van der Waals surface area contributed by atoms with E-state index in [1.807, 2.05) is 44.4 Å². The van der Waals surface area contributed by atoms with E-state index in [1.54, 1.807) is 36.4 Å². The number of hydrogen-bond acceptors (Lipinski definition) is 4. The summed E-state index contributed by atoms with van der Waals surface area (Å²) in [5, 5.41) is 2.88. The Bertz CT molecular complexity index is 1150. The molecule has 0 radical (unpaired) electrons. The van der Waals surface area contributed by atoms with Gasteiger partial charge in [0, 0.05) is 20.1 Å². The molecule has 6 nitrogen and oxygen atoms in total. The van der Waals surface area contributed by atoms with Gasteiger partial charge in [-0.1, -0.05) is 54.6 Å². The Morgan fingerprint density at radius 1 is 0.806 bits per heavy atom. The van der Waals surface area contributed by atoms with Crippen LogP contribution in [-0.2, 0) is 23.1 Å². The number of carbonyl (C=O) groups excluding carboxylic acids is 1. The molecule has 1 amide bonds. The standard InChI is InChI=1S/C24H27N3O3S/c1-26(2)18-20-12-8-7-11-19(20)17-25-24(28)22-15-9-10-16-23(22)31(29,30)27(3)21-13-5-4-6-14-21/h4-16H,17-18H2,1-3H3,(H,25,28). The summed E-state index contributed by atoms with van der Waals surface area (Å²) in [5.41, 5.74) is 2.74. The fourth-order valence-corrected chi connectivity index (χ4v) is 4.68. The highest BCUT2D eigenvalue weighted by molar-refractivity contribution is 7.92. The molecule has 0 unspecified atom stereocenters. The molecular formula is C24H27N3O3S. The molecule has 0 aliphatic rings. The molecule has 0 spiro atoms. The van der Waals surface area contributed by atoms with Gasteiger partial charge in [0.05, 0.1) is 11.3 Å². The molecule has 0 saturated heterocycles. The van der Waals surface area contributed by atoms with Crippen molar-refractivity contribution in [2.75, 3.05) is 25.4 Å². The molecular weight excluding hydrogens is 410 g/mol. The molecule has 0 atom stereocenters. The first-order valence-corrected chi connectivity index (χ1v) is 11.4. The van der Waals surface area contributed by atoms with Crippen LogP contribution >= 0.6 is 0 Å². The molecule has 0 aromatic heterocycles. The van der Waals surface area contributed by atoms with Crippen molar-refractivity contribution in [1.29, 1.82) is 0 Å². The summed E-state index contributed by atoms with van der Waals surface area (Å²) in [4.78, 5) is 15.0. The molecule has 0 aliphatic heterocycles. The topological polar surface area (TPSA) is 69.7 Å². The van der Waals surface area contributed by atoms with Crippen molar-refractivity contribution in [3.63, 3.8) is 0 Å². The van der Waals surface area contributed by atoms with Gasteiger partial charge in [0.15, 0.2) is 0 Å². The number of nitrogens with one attached hydrogen (secondary N) is 1. The van der Waals surface area contributed by atoms with Crippen molar-refractivity contribution in [2.24, 2.45) is 0 Å². The van der Waals surface area contributed by atoms with Gasteiger partial charge in [0.25, 0.3) is 15.9 Å². The highest BCUT2D eigenvalue weighted by atomic mass is 32.2. The number of amides is 1. The number of benzene rings is 3. The summed E-state index contributed by atoms with van der Waals surface area (Å²) in [6.45, 7) is 1.06. The van der Waals surface area contributed by atoms with Crippen LogP contribution in [0.15, 0.2) is 83.8 Å². The van der Waals surface area contributed by atoms with E-state index in [4.69, 9.17) is 0 Å². The van der Waals surface area contributed by atoms with Gasteiger partial charge in [-0.25, -0.2) is 8.42 Å². The predicted molar refractivity (Wildman–Crippen MR) is 123 cm³/mol. The Labute approximate surface area is 184 Å². The number of sulfonamides is 1. The highest BCUT2D eigenvalue weighted by Gasteiger charge is 2.26. The van der Waals surface area contributed by atoms with Crippen molar-refractivity contribution in [2.45, 2.75) is 18.0 Å². The van der Waals surface area contributed by atoms with E-state index >= 15 is 0 Å². The maximum absolute atomic E-state index is 13.2. The molecule has 0 saturated carbocycles. The summed E-state index contributed by atoms with van der Waals surface area (Å²) in [5.74, 6) is -0.430. The monoisotopic (exact) mass is 437 g/mol. The SMILES string of the molecule is CN(C)Cc1ccccc1CNC(=O)c1ccccc1S(=O)(=O)N(C)c1ccccc1. The maximum atomic E-state index is 13.2. The minimum atomic E-state index is -3.91. The van der Waals surface area contributed by atoms with Gasteiger partial charge in [-0.15, -0.1) is 0 Å². The van der Waals surface area contributed by atoms with Gasteiger partial charge in [-0.3, -0.25) is 9.10 Å². The van der Waals surface area contributed by atoms with E-state index in [0.29, 0.717) is 12.2 Å². The molecule has 31 heavy (non-hydrogen) atoms. The lowest BCUT2D eigenvalue weighted by Gasteiger charge is -2.21. The maximum Gasteiger partial charge on any atom is 0.264 e. The first-order chi connectivity index (χ1) is 14.8. The van der Waals surface area contributed by atoms with Crippen molar-refractivity contribution in [3.8, 4) is 0 Å². The molecule has 0 heterocycles. The molecule has 7 heteroatoms.